The van der Waals surface area contributed by atoms with Crippen LogP contribution in [0.25, 0.3) is 0 Å². The van der Waals surface area contributed by atoms with E-state index in [2.05, 4.69) is 72.3 Å². The monoisotopic (exact) mass is 257 g/mol. The lowest BCUT2D eigenvalue weighted by Crippen LogP contribution is -2.24. The van der Waals surface area contributed by atoms with Crippen molar-refractivity contribution in [3.8, 4) is 0 Å². The Labute approximate surface area is 112 Å². The molecule has 1 aromatic carbocycles. The molecule has 3 heteroatoms. The molecular weight excluding hydrogens is 240 g/mol. The number of hydrogen-bond acceptors (Lipinski definition) is 2. The number of hydrogen-bond donors (Lipinski definition) is 0. The molecule has 1 aromatic rings. The third-order valence-electron chi connectivity index (χ3n) is 3.44. The van der Waals surface area contributed by atoms with Gasteiger partial charge in [0.15, 0.2) is 11.9 Å². The maximum Gasteiger partial charge on any atom is 0.183 e. The Kier molecular flexibility index (Phi) is 3.00. The smallest absolute Gasteiger partial charge is 0.183 e. The van der Waals surface area contributed by atoms with Gasteiger partial charge in [0, 0.05) is 18.0 Å². The van der Waals surface area contributed by atoms with Crippen molar-refractivity contribution in [2.45, 2.75) is 16.7 Å². The van der Waals surface area contributed by atoms with Crippen LogP contribution in [-0.2, 0) is 0 Å². The molecule has 0 spiro atoms. The summed E-state index contributed by atoms with van der Waals surface area (Å²) in [6, 6.07) is 8.61. The van der Waals surface area contributed by atoms with Crippen LogP contribution in [0.5, 0.6) is 0 Å². The van der Waals surface area contributed by atoms with Gasteiger partial charge in [0.2, 0.25) is 0 Å². The van der Waals surface area contributed by atoms with Crippen molar-refractivity contribution in [2.75, 3.05) is 19.0 Å². The first kappa shape index (κ1) is 11.6. The van der Waals surface area contributed by atoms with Crippen LogP contribution in [0.1, 0.15) is 6.42 Å². The van der Waals surface area contributed by atoms with Gasteiger partial charge in [-0.05, 0) is 18.2 Å². The summed E-state index contributed by atoms with van der Waals surface area (Å²) < 4.78 is 2.21. The highest BCUT2D eigenvalue weighted by Crippen LogP contribution is 2.43. The van der Waals surface area contributed by atoms with Crippen molar-refractivity contribution in [3.05, 3.63) is 48.2 Å². The number of para-hydroxylation sites is 1. The molecule has 2 aliphatic heterocycles. The second-order valence-electron chi connectivity index (χ2n) is 4.64. The Hall–Kier alpha value is -1.48. The van der Waals surface area contributed by atoms with Crippen LogP contribution in [0.15, 0.2) is 53.1 Å². The number of thioether (sulfide) groups is 1. The molecule has 0 aromatic heterocycles. The number of allylic oxidation sites excluding steroid dienone is 2. The Morgan fingerprint density at radius 2 is 2.22 bits per heavy atom. The Balaban J connectivity index is 1.87. The SMILES string of the molecule is CN1c2ccccc2SC1/C=C1\CC=CC=[N+]1C. The van der Waals surface area contributed by atoms with Gasteiger partial charge in [-0.1, -0.05) is 30.0 Å². The molecule has 0 bridgehead atoms. The molecule has 0 saturated heterocycles. The fourth-order valence-corrected chi connectivity index (χ4v) is 3.56. The average molecular weight is 257 g/mol. The molecule has 92 valence electrons. The van der Waals surface area contributed by atoms with Crippen molar-refractivity contribution in [3.63, 3.8) is 0 Å². The Morgan fingerprint density at radius 3 is 3.00 bits per heavy atom. The number of rotatable bonds is 1. The van der Waals surface area contributed by atoms with Crippen molar-refractivity contribution >= 4 is 23.7 Å². The van der Waals surface area contributed by atoms with Gasteiger partial charge >= 0.3 is 0 Å². The Bertz CT molecular complexity index is 557. The zero-order chi connectivity index (χ0) is 12.5. The molecule has 0 aliphatic carbocycles. The van der Waals surface area contributed by atoms with Crippen molar-refractivity contribution in [1.82, 2.24) is 0 Å². The first-order chi connectivity index (χ1) is 8.75. The third kappa shape index (κ3) is 1.99. The molecule has 0 radical (unpaired) electrons. The average Bonchev–Trinajstić information content (AvgIpc) is 2.70. The molecular formula is C15H17N2S+. The summed E-state index contributed by atoms with van der Waals surface area (Å²) in [7, 11) is 4.28. The van der Waals surface area contributed by atoms with Gasteiger partial charge in [-0.3, -0.25) is 0 Å². The van der Waals surface area contributed by atoms with Crippen LogP contribution in [0.3, 0.4) is 0 Å². The van der Waals surface area contributed by atoms with E-state index in [-0.39, 0.29) is 0 Å². The second-order valence-corrected chi connectivity index (χ2v) is 5.80. The lowest BCUT2D eigenvalue weighted by Gasteiger charge is -2.18. The first-order valence-corrected chi connectivity index (χ1v) is 7.06. The zero-order valence-corrected chi connectivity index (χ0v) is 11.5. The maximum absolute atomic E-state index is 2.37. The number of likely N-dealkylation sites (N-methyl/N-ethyl adjacent to an activating group) is 1. The van der Waals surface area contributed by atoms with Gasteiger partial charge in [0.05, 0.1) is 12.1 Å². The van der Waals surface area contributed by atoms with E-state index in [0.29, 0.717) is 5.37 Å². The minimum Gasteiger partial charge on any atom is -0.358 e. The van der Waals surface area contributed by atoms with E-state index in [4.69, 9.17) is 0 Å². The predicted octanol–water partition coefficient (Wildman–Crippen LogP) is 3.11. The van der Waals surface area contributed by atoms with E-state index in [9.17, 15) is 0 Å². The van der Waals surface area contributed by atoms with Gasteiger partial charge in [0.25, 0.3) is 0 Å². The van der Waals surface area contributed by atoms with Crippen LogP contribution < -0.4 is 4.90 Å². The largest absolute Gasteiger partial charge is 0.358 e. The highest BCUT2D eigenvalue weighted by Gasteiger charge is 2.27. The van der Waals surface area contributed by atoms with Crippen LogP contribution in [0, 0.1) is 0 Å². The highest BCUT2D eigenvalue weighted by molar-refractivity contribution is 8.00. The summed E-state index contributed by atoms with van der Waals surface area (Å²) >= 11 is 1.92. The molecule has 0 amide bonds. The van der Waals surface area contributed by atoms with E-state index < -0.39 is 0 Å². The van der Waals surface area contributed by atoms with E-state index >= 15 is 0 Å². The number of anilines is 1. The molecule has 2 nitrogen and oxygen atoms in total. The van der Waals surface area contributed by atoms with Crippen molar-refractivity contribution in [1.29, 1.82) is 0 Å². The van der Waals surface area contributed by atoms with Crippen LogP contribution in [0.2, 0.25) is 0 Å². The second kappa shape index (κ2) is 4.65. The fraction of sp³-hybridized carbons (Fsp3) is 0.267. The molecule has 0 fully saturated rings. The minimum absolute atomic E-state index is 0.403. The summed E-state index contributed by atoms with van der Waals surface area (Å²) in [5, 5.41) is 0.403. The predicted molar refractivity (Wildman–Crippen MR) is 78.6 cm³/mol. The van der Waals surface area contributed by atoms with Crippen molar-refractivity contribution < 1.29 is 4.58 Å². The van der Waals surface area contributed by atoms with Gasteiger partial charge in [0.1, 0.15) is 12.4 Å². The van der Waals surface area contributed by atoms with E-state index in [1.807, 2.05) is 11.8 Å². The maximum atomic E-state index is 2.37. The van der Waals surface area contributed by atoms with Gasteiger partial charge < -0.3 is 4.90 Å². The molecule has 18 heavy (non-hydrogen) atoms. The summed E-state index contributed by atoms with van der Waals surface area (Å²) in [6.45, 7) is 0. The van der Waals surface area contributed by atoms with E-state index in [0.717, 1.165) is 6.42 Å². The van der Waals surface area contributed by atoms with E-state index in [1.54, 1.807) is 0 Å². The minimum atomic E-state index is 0.403. The Morgan fingerprint density at radius 1 is 1.39 bits per heavy atom. The number of nitrogens with zero attached hydrogens (tertiary/aromatic N) is 2. The van der Waals surface area contributed by atoms with E-state index in [1.165, 1.54) is 16.3 Å². The molecule has 2 heterocycles. The first-order valence-electron chi connectivity index (χ1n) is 6.18. The van der Waals surface area contributed by atoms with Crippen molar-refractivity contribution in [2.24, 2.45) is 0 Å². The molecule has 3 rings (SSSR count). The van der Waals surface area contributed by atoms with Crippen LogP contribution in [0.4, 0.5) is 5.69 Å². The standard InChI is InChI=1S/C15H17N2S/c1-16-10-6-5-7-12(16)11-15-17(2)13-8-3-4-9-14(13)18-15/h3-6,8-11,15H,7H2,1-2H3/q+1/b12-11+. The van der Waals surface area contributed by atoms with Gasteiger partial charge in [-0.25, -0.2) is 4.58 Å². The summed E-state index contributed by atoms with van der Waals surface area (Å²) in [4.78, 5) is 3.72. The summed E-state index contributed by atoms with van der Waals surface area (Å²) in [6.07, 6.45) is 9.82. The van der Waals surface area contributed by atoms with Crippen LogP contribution in [-0.4, -0.2) is 30.3 Å². The molecule has 1 unspecified atom stereocenters. The van der Waals surface area contributed by atoms with Gasteiger partial charge in [-0.15, -0.1) is 0 Å². The van der Waals surface area contributed by atoms with Crippen LogP contribution >= 0.6 is 11.8 Å². The van der Waals surface area contributed by atoms with Gasteiger partial charge in [-0.2, -0.15) is 0 Å². The lowest BCUT2D eigenvalue weighted by molar-refractivity contribution is -0.441. The fourth-order valence-electron chi connectivity index (χ4n) is 2.31. The molecule has 0 N–H and O–H groups in total. The molecule has 2 aliphatic rings. The zero-order valence-electron chi connectivity index (χ0n) is 10.7. The topological polar surface area (TPSA) is 6.25 Å². The lowest BCUT2D eigenvalue weighted by atomic mass is 10.2. The molecule has 0 saturated carbocycles. The quantitative estimate of drug-likeness (QED) is 0.713. The number of benzene rings is 1. The normalized spacial score (nSPS) is 24.3. The summed E-state index contributed by atoms with van der Waals surface area (Å²) in [5.74, 6) is 0. The third-order valence-corrected chi connectivity index (χ3v) is 4.73. The molecule has 1 atom stereocenters. The highest BCUT2D eigenvalue weighted by atomic mass is 32.2. The number of fused-ring (bicyclic) bond motifs is 1. The summed E-state index contributed by atoms with van der Waals surface area (Å²) in [5.41, 5.74) is 2.71.